The molecule has 0 aliphatic carbocycles. The van der Waals surface area contributed by atoms with Gasteiger partial charge in [-0.25, -0.2) is 0 Å². The van der Waals surface area contributed by atoms with Gasteiger partial charge in [0.1, 0.15) is 24.7 Å². The number of benzene rings is 3. The van der Waals surface area contributed by atoms with Gasteiger partial charge in [-0.2, -0.15) is 0 Å². The van der Waals surface area contributed by atoms with E-state index in [9.17, 15) is 4.79 Å². The van der Waals surface area contributed by atoms with Gasteiger partial charge in [0.25, 0.3) is 0 Å². The van der Waals surface area contributed by atoms with Crippen LogP contribution in [0.3, 0.4) is 0 Å². The molecule has 172 valence electrons. The molecule has 0 spiro atoms. The Morgan fingerprint density at radius 1 is 1.00 bits per heavy atom. The minimum atomic E-state index is -0.00450. The lowest BCUT2D eigenvalue weighted by Crippen LogP contribution is -2.28. The Labute approximate surface area is 203 Å². The maximum Gasteiger partial charge on any atom is 0.220 e. The van der Waals surface area contributed by atoms with Gasteiger partial charge >= 0.3 is 0 Å². The Hall–Kier alpha value is -3.70. The molecule has 0 unspecified atom stereocenters. The molecule has 0 saturated carbocycles. The predicted molar refractivity (Wildman–Crippen MR) is 134 cm³/mol. The molecule has 1 aliphatic heterocycles. The molecule has 34 heavy (non-hydrogen) atoms. The highest BCUT2D eigenvalue weighted by atomic mass is 35.5. The third-order valence-corrected chi connectivity index (χ3v) is 6.06. The van der Waals surface area contributed by atoms with Crippen LogP contribution < -0.4 is 14.8 Å². The number of halogens is 1. The monoisotopic (exact) mass is 472 g/mol. The maximum absolute atomic E-state index is 12.5. The molecular formula is C28H25ClN2O3. The van der Waals surface area contributed by atoms with E-state index in [1.165, 1.54) is 0 Å². The zero-order chi connectivity index (χ0) is 23.3. The van der Waals surface area contributed by atoms with E-state index in [4.69, 9.17) is 21.1 Å². The van der Waals surface area contributed by atoms with Gasteiger partial charge in [-0.3, -0.25) is 4.79 Å². The number of para-hydroxylation sites is 2. The van der Waals surface area contributed by atoms with Crippen molar-refractivity contribution in [1.82, 2.24) is 9.88 Å². The van der Waals surface area contributed by atoms with Gasteiger partial charge in [0.15, 0.2) is 0 Å². The van der Waals surface area contributed by atoms with Crippen LogP contribution in [-0.2, 0) is 17.8 Å². The Kier molecular flexibility index (Phi) is 6.54. The molecule has 0 fully saturated rings. The van der Waals surface area contributed by atoms with Crippen molar-refractivity contribution in [3.63, 3.8) is 0 Å². The van der Waals surface area contributed by atoms with Gasteiger partial charge in [0.2, 0.25) is 5.91 Å². The highest BCUT2D eigenvalue weighted by molar-refractivity contribution is 6.30. The van der Waals surface area contributed by atoms with Gasteiger partial charge < -0.3 is 19.4 Å². The Morgan fingerprint density at radius 2 is 1.76 bits per heavy atom. The number of rotatable bonds is 8. The molecule has 0 bridgehead atoms. The summed E-state index contributed by atoms with van der Waals surface area (Å²) in [4.78, 5) is 12.5. The zero-order valence-electron chi connectivity index (χ0n) is 18.7. The molecule has 5 nitrogen and oxygen atoms in total. The Morgan fingerprint density at radius 3 is 2.59 bits per heavy atom. The first-order chi connectivity index (χ1) is 16.7. The van der Waals surface area contributed by atoms with E-state index in [-0.39, 0.29) is 5.91 Å². The number of nitrogens with one attached hydrogen (secondary N) is 1. The minimum Gasteiger partial charge on any atom is -0.492 e. The highest BCUT2D eigenvalue weighted by Gasteiger charge is 2.24. The van der Waals surface area contributed by atoms with Gasteiger partial charge in [0, 0.05) is 34.0 Å². The van der Waals surface area contributed by atoms with E-state index in [0.717, 1.165) is 39.7 Å². The third-order valence-electron chi connectivity index (χ3n) is 5.81. The number of aryl methyl sites for hydroxylation is 1. The van der Waals surface area contributed by atoms with Gasteiger partial charge in [-0.1, -0.05) is 41.9 Å². The molecule has 6 heteroatoms. The van der Waals surface area contributed by atoms with Crippen LogP contribution in [0.4, 0.5) is 0 Å². The Balaban J connectivity index is 1.31. The van der Waals surface area contributed by atoms with Gasteiger partial charge in [-0.15, -0.1) is 0 Å². The summed E-state index contributed by atoms with van der Waals surface area (Å²) < 4.78 is 13.8. The number of hydrogen-bond acceptors (Lipinski definition) is 3. The number of carbonyl (C=O) groups excluding carboxylic acids is 1. The number of amides is 1. The first kappa shape index (κ1) is 22.1. The van der Waals surface area contributed by atoms with Crippen LogP contribution in [-0.4, -0.2) is 23.6 Å². The molecule has 0 saturated heterocycles. The SMILES string of the molecule is O=C(CCc1cc2c(n1-c1ccc(Cl)cc1)-c1ccccc1OC2)NCCOc1ccccc1. The average molecular weight is 473 g/mol. The van der Waals surface area contributed by atoms with Crippen molar-refractivity contribution < 1.29 is 14.3 Å². The topological polar surface area (TPSA) is 52.5 Å². The minimum absolute atomic E-state index is 0.00450. The summed E-state index contributed by atoms with van der Waals surface area (Å²) in [6, 6.07) is 27.6. The molecule has 3 aromatic carbocycles. The number of fused-ring (bicyclic) bond motifs is 3. The van der Waals surface area contributed by atoms with Crippen molar-refractivity contribution in [2.24, 2.45) is 0 Å². The lowest BCUT2D eigenvalue weighted by molar-refractivity contribution is -0.121. The molecule has 1 aliphatic rings. The van der Waals surface area contributed by atoms with Crippen LogP contribution in [0, 0.1) is 0 Å². The first-order valence-electron chi connectivity index (χ1n) is 11.4. The van der Waals surface area contributed by atoms with E-state index in [0.29, 0.717) is 37.6 Å². The lowest BCUT2D eigenvalue weighted by atomic mass is 10.0. The molecular weight excluding hydrogens is 448 g/mol. The number of hydrogen-bond donors (Lipinski definition) is 1. The fourth-order valence-corrected chi connectivity index (χ4v) is 4.37. The number of ether oxygens (including phenoxy) is 2. The molecule has 1 aromatic heterocycles. The molecule has 0 atom stereocenters. The molecule has 4 aromatic rings. The average Bonchev–Trinajstić information content (AvgIpc) is 3.25. The quantitative estimate of drug-likeness (QED) is 0.329. The van der Waals surface area contributed by atoms with Crippen molar-refractivity contribution in [3.05, 3.63) is 101 Å². The van der Waals surface area contributed by atoms with E-state index >= 15 is 0 Å². The van der Waals surface area contributed by atoms with E-state index in [1.54, 1.807) is 0 Å². The Bertz CT molecular complexity index is 1280. The van der Waals surface area contributed by atoms with E-state index < -0.39 is 0 Å². The van der Waals surface area contributed by atoms with Crippen molar-refractivity contribution in [1.29, 1.82) is 0 Å². The van der Waals surface area contributed by atoms with Crippen LogP contribution in [0.25, 0.3) is 16.9 Å². The summed E-state index contributed by atoms with van der Waals surface area (Å²) in [5.41, 5.74) is 5.33. The molecule has 5 rings (SSSR count). The third kappa shape index (κ3) is 4.80. The molecule has 2 heterocycles. The summed E-state index contributed by atoms with van der Waals surface area (Å²) in [7, 11) is 0. The van der Waals surface area contributed by atoms with Crippen molar-refractivity contribution in [2.45, 2.75) is 19.4 Å². The van der Waals surface area contributed by atoms with E-state index in [1.807, 2.05) is 72.8 Å². The number of aromatic nitrogens is 1. The second-order valence-electron chi connectivity index (χ2n) is 8.12. The standard InChI is InChI=1S/C28H25ClN2O3/c29-21-10-12-22(13-11-21)31-23(18-20-19-34-26-9-5-4-8-25(26)28(20)31)14-15-27(32)30-16-17-33-24-6-2-1-3-7-24/h1-13,18H,14-17,19H2,(H,30,32). The summed E-state index contributed by atoms with van der Waals surface area (Å²) >= 11 is 6.15. The van der Waals surface area contributed by atoms with Crippen LogP contribution in [0.1, 0.15) is 17.7 Å². The van der Waals surface area contributed by atoms with Crippen LogP contribution in [0.5, 0.6) is 11.5 Å². The first-order valence-corrected chi connectivity index (χ1v) is 11.7. The smallest absolute Gasteiger partial charge is 0.220 e. The second-order valence-corrected chi connectivity index (χ2v) is 8.55. The maximum atomic E-state index is 12.5. The van der Waals surface area contributed by atoms with Crippen molar-refractivity contribution >= 4 is 17.5 Å². The molecule has 1 amide bonds. The summed E-state index contributed by atoms with van der Waals surface area (Å²) in [5.74, 6) is 1.66. The largest absolute Gasteiger partial charge is 0.492 e. The van der Waals surface area contributed by atoms with Gasteiger partial charge in [0.05, 0.1) is 12.2 Å². The number of nitrogens with zero attached hydrogens (tertiary/aromatic N) is 1. The zero-order valence-corrected chi connectivity index (χ0v) is 19.4. The second kappa shape index (κ2) is 10.1. The molecule has 0 radical (unpaired) electrons. The van der Waals surface area contributed by atoms with Crippen molar-refractivity contribution in [2.75, 3.05) is 13.2 Å². The van der Waals surface area contributed by atoms with Gasteiger partial charge in [-0.05, 0) is 61.0 Å². The molecule has 1 N–H and O–H groups in total. The normalized spacial score (nSPS) is 11.8. The van der Waals surface area contributed by atoms with Crippen LogP contribution in [0.2, 0.25) is 5.02 Å². The predicted octanol–water partition coefficient (Wildman–Crippen LogP) is 5.82. The van der Waals surface area contributed by atoms with Crippen LogP contribution >= 0.6 is 11.6 Å². The summed E-state index contributed by atoms with van der Waals surface area (Å²) in [6.45, 7) is 1.39. The number of carbonyl (C=O) groups is 1. The summed E-state index contributed by atoms with van der Waals surface area (Å²) in [6.07, 6.45) is 0.980. The highest BCUT2D eigenvalue weighted by Crippen LogP contribution is 2.41. The fraction of sp³-hybridized carbons (Fsp3) is 0.179. The summed E-state index contributed by atoms with van der Waals surface area (Å²) in [5, 5.41) is 3.64. The van der Waals surface area contributed by atoms with Crippen molar-refractivity contribution in [3.8, 4) is 28.4 Å². The van der Waals surface area contributed by atoms with Crippen LogP contribution in [0.15, 0.2) is 84.9 Å². The lowest BCUT2D eigenvalue weighted by Gasteiger charge is -2.21. The fourth-order valence-electron chi connectivity index (χ4n) is 4.24. The van der Waals surface area contributed by atoms with E-state index in [2.05, 4.69) is 22.0 Å².